The van der Waals surface area contributed by atoms with Gasteiger partial charge >= 0.3 is 6.09 Å². The first-order chi connectivity index (χ1) is 17.1. The van der Waals surface area contributed by atoms with Crippen LogP contribution in [0.25, 0.3) is 6.08 Å². The third-order valence-electron chi connectivity index (χ3n) is 5.96. The Bertz CT molecular complexity index is 914. The van der Waals surface area contributed by atoms with Crippen molar-refractivity contribution in [3.05, 3.63) is 42.0 Å². The number of alkyl carbamates (subject to hydrolysis) is 1. The van der Waals surface area contributed by atoms with E-state index in [1.165, 1.54) is 0 Å². The van der Waals surface area contributed by atoms with Gasteiger partial charge in [-0.05, 0) is 71.1 Å². The number of nitrogens with zero attached hydrogens (tertiary/aromatic N) is 1. The number of hydrogen-bond acceptors (Lipinski definition) is 4. The Morgan fingerprint density at radius 1 is 1.08 bits per heavy atom. The van der Waals surface area contributed by atoms with Crippen molar-refractivity contribution in [1.82, 2.24) is 15.5 Å². The van der Waals surface area contributed by atoms with Gasteiger partial charge in [-0.2, -0.15) is 0 Å². The van der Waals surface area contributed by atoms with Crippen LogP contribution in [0.2, 0.25) is 0 Å². The molecule has 7 heteroatoms. The second-order valence-electron chi connectivity index (χ2n) is 11.8. The van der Waals surface area contributed by atoms with Crippen molar-refractivity contribution in [1.29, 1.82) is 0 Å². The lowest BCUT2D eigenvalue weighted by Gasteiger charge is -2.37. The molecule has 3 atom stereocenters. The first-order valence-electron chi connectivity index (χ1n) is 13.5. The van der Waals surface area contributed by atoms with Gasteiger partial charge in [0.15, 0.2) is 0 Å². The van der Waals surface area contributed by atoms with E-state index in [4.69, 9.17) is 4.74 Å². The molecule has 1 aromatic rings. The van der Waals surface area contributed by atoms with Gasteiger partial charge in [-0.15, -0.1) is 0 Å². The molecular formula is C30H49N3O4. The summed E-state index contributed by atoms with van der Waals surface area (Å²) in [5, 5.41) is 5.87. The van der Waals surface area contributed by atoms with Crippen LogP contribution in [0.4, 0.5) is 4.79 Å². The second kappa shape index (κ2) is 14.2. The number of amides is 3. The lowest BCUT2D eigenvalue weighted by molar-refractivity contribution is -0.144. The Hall–Kier alpha value is -2.83. The first-order valence-corrected chi connectivity index (χ1v) is 13.5. The van der Waals surface area contributed by atoms with Crippen LogP contribution in [0.5, 0.6) is 0 Å². The maximum atomic E-state index is 14.2. The fourth-order valence-electron chi connectivity index (χ4n) is 3.96. The molecule has 1 aromatic carbocycles. The highest BCUT2D eigenvalue weighted by Gasteiger charge is 2.38. The number of unbranched alkanes of at least 4 members (excludes halogenated alkanes) is 2. The molecule has 0 saturated carbocycles. The van der Waals surface area contributed by atoms with Crippen LogP contribution in [0, 0.1) is 5.92 Å². The summed E-state index contributed by atoms with van der Waals surface area (Å²) in [6, 6.07) is 5.82. The van der Waals surface area contributed by atoms with Gasteiger partial charge in [0, 0.05) is 12.1 Å². The van der Waals surface area contributed by atoms with Crippen molar-refractivity contribution in [3.8, 4) is 0 Å². The monoisotopic (exact) mass is 515 g/mol. The number of nitrogens with one attached hydrogen (secondary N) is 2. The molecule has 0 saturated heterocycles. The summed E-state index contributed by atoms with van der Waals surface area (Å²) in [4.78, 5) is 42.4. The van der Waals surface area contributed by atoms with Crippen LogP contribution in [0.15, 0.2) is 30.8 Å². The van der Waals surface area contributed by atoms with E-state index in [-0.39, 0.29) is 17.7 Å². The standard InChI is InChI=1S/C30H49N3O4/c1-11-14-15-19-33(27(35)24(21(4)12-2)31-28(36)37-30(8,9)10)25(26(34)32-29(5,6)7)23-18-16-17-22(13-3)20-23/h13,16-18,20-21,24-25H,3,11-12,14-15,19H2,1-2,4-10H3,(H,31,36)(H,32,34). The molecule has 208 valence electrons. The van der Waals surface area contributed by atoms with Crippen molar-refractivity contribution in [2.75, 3.05) is 6.54 Å². The van der Waals surface area contributed by atoms with Crippen molar-refractivity contribution >= 4 is 24.0 Å². The van der Waals surface area contributed by atoms with E-state index < -0.39 is 29.3 Å². The molecule has 0 aliphatic carbocycles. The van der Waals surface area contributed by atoms with E-state index in [9.17, 15) is 14.4 Å². The minimum atomic E-state index is -0.865. The molecular weight excluding hydrogens is 466 g/mol. The van der Waals surface area contributed by atoms with Gasteiger partial charge in [0.1, 0.15) is 17.7 Å². The Kier molecular flexibility index (Phi) is 12.4. The number of hydrogen-bond donors (Lipinski definition) is 2. The van der Waals surface area contributed by atoms with E-state index in [0.29, 0.717) is 18.5 Å². The van der Waals surface area contributed by atoms with Gasteiger partial charge in [0.05, 0.1) is 0 Å². The maximum absolute atomic E-state index is 14.2. The predicted octanol–water partition coefficient (Wildman–Crippen LogP) is 6.24. The number of carbonyl (C=O) groups is 3. The first kappa shape index (κ1) is 32.2. The molecule has 3 amide bonds. The van der Waals surface area contributed by atoms with Gasteiger partial charge in [-0.25, -0.2) is 4.79 Å². The quantitative estimate of drug-likeness (QED) is 0.322. The third kappa shape index (κ3) is 11.0. The number of benzene rings is 1. The lowest BCUT2D eigenvalue weighted by atomic mass is 9.94. The lowest BCUT2D eigenvalue weighted by Crippen LogP contribution is -2.56. The van der Waals surface area contributed by atoms with Crippen molar-refractivity contribution in [3.63, 3.8) is 0 Å². The van der Waals surface area contributed by atoms with Crippen LogP contribution in [0.1, 0.15) is 105 Å². The Morgan fingerprint density at radius 3 is 2.24 bits per heavy atom. The number of rotatable bonds is 12. The summed E-state index contributed by atoms with van der Waals surface area (Å²) in [6.07, 6.45) is 4.36. The zero-order valence-corrected chi connectivity index (χ0v) is 24.4. The smallest absolute Gasteiger partial charge is 0.408 e. The summed E-state index contributed by atoms with van der Waals surface area (Å²) in [5.41, 5.74) is 0.365. The topological polar surface area (TPSA) is 87.7 Å². The van der Waals surface area contributed by atoms with E-state index in [1.54, 1.807) is 31.7 Å². The van der Waals surface area contributed by atoms with E-state index in [0.717, 1.165) is 24.8 Å². The highest BCUT2D eigenvalue weighted by atomic mass is 16.6. The normalized spacial score (nSPS) is 14.2. The molecule has 7 nitrogen and oxygen atoms in total. The van der Waals surface area contributed by atoms with Crippen LogP contribution in [-0.2, 0) is 14.3 Å². The molecule has 0 radical (unpaired) electrons. The zero-order valence-electron chi connectivity index (χ0n) is 24.4. The average molecular weight is 516 g/mol. The average Bonchev–Trinajstić information content (AvgIpc) is 2.78. The molecule has 0 spiro atoms. The summed E-state index contributed by atoms with van der Waals surface area (Å²) >= 11 is 0. The minimum Gasteiger partial charge on any atom is -0.444 e. The second-order valence-corrected chi connectivity index (χ2v) is 11.8. The predicted molar refractivity (Wildman–Crippen MR) is 151 cm³/mol. The molecule has 0 bridgehead atoms. The van der Waals surface area contributed by atoms with Crippen molar-refractivity contribution < 1.29 is 19.1 Å². The Balaban J connectivity index is 3.60. The van der Waals surface area contributed by atoms with E-state index in [2.05, 4.69) is 24.1 Å². The fraction of sp³-hybridized carbons (Fsp3) is 0.633. The molecule has 0 heterocycles. The van der Waals surface area contributed by atoms with Crippen LogP contribution in [0.3, 0.4) is 0 Å². The van der Waals surface area contributed by atoms with Gasteiger partial charge < -0.3 is 20.3 Å². The summed E-state index contributed by atoms with van der Waals surface area (Å²) < 4.78 is 5.47. The fourth-order valence-corrected chi connectivity index (χ4v) is 3.96. The van der Waals surface area contributed by atoms with Gasteiger partial charge in [0.2, 0.25) is 11.8 Å². The maximum Gasteiger partial charge on any atom is 0.408 e. The third-order valence-corrected chi connectivity index (χ3v) is 5.96. The van der Waals surface area contributed by atoms with E-state index >= 15 is 0 Å². The van der Waals surface area contributed by atoms with Gasteiger partial charge in [-0.1, -0.05) is 70.9 Å². The van der Waals surface area contributed by atoms with Crippen molar-refractivity contribution in [2.24, 2.45) is 5.92 Å². The minimum absolute atomic E-state index is 0.167. The number of carbonyl (C=O) groups excluding carboxylic acids is 3. The molecule has 0 aliphatic rings. The highest BCUT2D eigenvalue weighted by Crippen LogP contribution is 2.27. The molecule has 2 N–H and O–H groups in total. The van der Waals surface area contributed by atoms with Crippen LogP contribution < -0.4 is 10.6 Å². The van der Waals surface area contributed by atoms with Crippen molar-refractivity contribution in [2.45, 2.75) is 111 Å². The molecule has 0 fully saturated rings. The van der Waals surface area contributed by atoms with Crippen LogP contribution >= 0.6 is 0 Å². The number of ether oxygens (including phenoxy) is 1. The molecule has 0 aliphatic heterocycles. The molecule has 0 aromatic heterocycles. The molecule has 1 rings (SSSR count). The zero-order chi connectivity index (χ0) is 28.4. The van der Waals surface area contributed by atoms with E-state index in [1.807, 2.05) is 58.9 Å². The Morgan fingerprint density at radius 2 is 1.73 bits per heavy atom. The highest BCUT2D eigenvalue weighted by molar-refractivity contribution is 5.92. The SMILES string of the molecule is C=Cc1cccc(C(C(=O)NC(C)(C)C)N(CCCCC)C(=O)C(NC(=O)OC(C)(C)C)C(C)CC)c1. The summed E-state index contributed by atoms with van der Waals surface area (Å²) in [5.74, 6) is -0.729. The van der Waals surface area contributed by atoms with Gasteiger partial charge in [0.25, 0.3) is 0 Å². The largest absolute Gasteiger partial charge is 0.444 e. The van der Waals surface area contributed by atoms with Crippen LogP contribution in [-0.4, -0.2) is 46.5 Å². The molecule has 3 unspecified atom stereocenters. The Labute approximate surface area is 224 Å². The van der Waals surface area contributed by atoms with Gasteiger partial charge in [-0.3, -0.25) is 9.59 Å². The summed E-state index contributed by atoms with van der Waals surface area (Å²) in [6.45, 7) is 21.3. The summed E-state index contributed by atoms with van der Waals surface area (Å²) in [7, 11) is 0. The molecule has 37 heavy (non-hydrogen) atoms.